The largest absolute Gasteiger partial charge is 0.351 e. The molecule has 0 unspecified atom stereocenters. The molecule has 1 aliphatic heterocycles. The third-order valence-electron chi connectivity index (χ3n) is 5.34. The quantitative estimate of drug-likeness (QED) is 0.756. The van der Waals surface area contributed by atoms with Crippen molar-refractivity contribution in [2.75, 3.05) is 32.7 Å². The van der Waals surface area contributed by atoms with Gasteiger partial charge < -0.3 is 14.5 Å². The van der Waals surface area contributed by atoms with Crippen molar-refractivity contribution >= 4 is 16.8 Å². The van der Waals surface area contributed by atoms with Crippen LogP contribution < -0.4 is 0 Å². The first-order chi connectivity index (χ1) is 13.1. The molecular formula is C21H27N5O. The summed E-state index contributed by atoms with van der Waals surface area (Å²) in [4.78, 5) is 24.9. The van der Waals surface area contributed by atoms with Crippen LogP contribution in [0.15, 0.2) is 42.7 Å². The van der Waals surface area contributed by atoms with Gasteiger partial charge in [-0.2, -0.15) is 0 Å². The molecule has 1 aliphatic rings. The van der Waals surface area contributed by atoms with Crippen LogP contribution in [0, 0.1) is 0 Å². The first-order valence-corrected chi connectivity index (χ1v) is 9.72. The molecule has 0 atom stereocenters. The number of aromatic amines is 1. The van der Waals surface area contributed by atoms with Gasteiger partial charge in [-0.25, -0.2) is 4.98 Å². The number of carbonyl (C=O) groups excluding carboxylic acids is 1. The van der Waals surface area contributed by atoms with E-state index in [9.17, 15) is 4.79 Å². The van der Waals surface area contributed by atoms with Crippen molar-refractivity contribution in [1.82, 2.24) is 24.3 Å². The summed E-state index contributed by atoms with van der Waals surface area (Å²) in [5.74, 6) is 1.68. The second kappa shape index (κ2) is 7.56. The molecule has 4 rings (SSSR count). The van der Waals surface area contributed by atoms with Crippen LogP contribution in [0.3, 0.4) is 0 Å². The van der Waals surface area contributed by atoms with Crippen LogP contribution in [0.4, 0.5) is 0 Å². The fraction of sp³-hybridized carbons (Fsp3) is 0.429. The molecular weight excluding hydrogens is 338 g/mol. The second-order valence-electron chi connectivity index (χ2n) is 7.54. The smallest absolute Gasteiger partial charge is 0.270 e. The van der Waals surface area contributed by atoms with Gasteiger partial charge in [-0.15, -0.1) is 0 Å². The van der Waals surface area contributed by atoms with Crippen molar-refractivity contribution in [3.8, 4) is 0 Å². The van der Waals surface area contributed by atoms with Gasteiger partial charge >= 0.3 is 0 Å². The van der Waals surface area contributed by atoms with E-state index in [1.54, 1.807) is 0 Å². The molecule has 27 heavy (non-hydrogen) atoms. The Morgan fingerprint density at radius 1 is 1.15 bits per heavy atom. The molecule has 1 amide bonds. The number of aromatic nitrogens is 3. The molecule has 6 nitrogen and oxygen atoms in total. The maximum absolute atomic E-state index is 12.8. The Hall–Kier alpha value is -2.60. The Morgan fingerprint density at radius 2 is 1.93 bits per heavy atom. The summed E-state index contributed by atoms with van der Waals surface area (Å²) >= 11 is 0. The Kier molecular flexibility index (Phi) is 4.99. The minimum atomic E-state index is 0.0996. The van der Waals surface area contributed by atoms with Gasteiger partial charge in [0, 0.05) is 68.5 Å². The predicted octanol–water partition coefficient (Wildman–Crippen LogP) is 2.95. The highest BCUT2D eigenvalue weighted by molar-refractivity contribution is 5.98. The topological polar surface area (TPSA) is 57.2 Å². The molecule has 0 saturated carbocycles. The molecule has 1 saturated heterocycles. The van der Waals surface area contributed by atoms with E-state index in [-0.39, 0.29) is 5.91 Å². The van der Waals surface area contributed by atoms with Crippen molar-refractivity contribution in [3.63, 3.8) is 0 Å². The lowest BCUT2D eigenvalue weighted by Gasteiger charge is -2.34. The molecule has 0 bridgehead atoms. The number of benzene rings is 1. The molecule has 0 aliphatic carbocycles. The van der Waals surface area contributed by atoms with Gasteiger partial charge in [-0.1, -0.05) is 32.0 Å². The number of H-pyrrole nitrogens is 1. The number of imidazole rings is 1. The molecule has 3 aromatic rings. The second-order valence-corrected chi connectivity index (χ2v) is 7.54. The van der Waals surface area contributed by atoms with E-state index in [1.807, 2.05) is 41.4 Å². The summed E-state index contributed by atoms with van der Waals surface area (Å²) in [5, 5.41) is 1.08. The fourth-order valence-corrected chi connectivity index (χ4v) is 3.79. The molecule has 0 radical (unpaired) electrons. The number of piperazine rings is 1. The number of para-hydroxylation sites is 1. The monoisotopic (exact) mass is 365 g/mol. The fourth-order valence-electron chi connectivity index (χ4n) is 3.79. The van der Waals surface area contributed by atoms with Crippen LogP contribution in [-0.2, 0) is 6.54 Å². The van der Waals surface area contributed by atoms with E-state index >= 15 is 0 Å². The minimum absolute atomic E-state index is 0.0996. The summed E-state index contributed by atoms with van der Waals surface area (Å²) in [5.41, 5.74) is 1.70. The molecule has 2 aromatic heterocycles. The summed E-state index contributed by atoms with van der Waals surface area (Å²) in [6, 6.07) is 9.97. The van der Waals surface area contributed by atoms with Gasteiger partial charge in [0.25, 0.3) is 5.91 Å². The summed E-state index contributed by atoms with van der Waals surface area (Å²) in [6.07, 6.45) is 3.94. The number of rotatable bonds is 5. The Bertz CT molecular complexity index is 884. The van der Waals surface area contributed by atoms with Crippen molar-refractivity contribution in [1.29, 1.82) is 0 Å². The number of amides is 1. The van der Waals surface area contributed by atoms with Crippen LogP contribution in [0.5, 0.6) is 0 Å². The lowest BCUT2D eigenvalue weighted by Crippen LogP contribution is -2.49. The molecule has 0 spiro atoms. The van der Waals surface area contributed by atoms with Crippen molar-refractivity contribution < 1.29 is 4.79 Å². The van der Waals surface area contributed by atoms with Gasteiger partial charge in [-0.3, -0.25) is 9.69 Å². The normalized spacial score (nSPS) is 15.7. The lowest BCUT2D eigenvalue weighted by molar-refractivity contribution is 0.0628. The summed E-state index contributed by atoms with van der Waals surface area (Å²) in [7, 11) is 0. The SMILES string of the molecule is CC(C)c1nccn1CCN1CCN(C(=O)c2cc3ccccc3[nH]2)CC1. The average Bonchev–Trinajstić information content (AvgIpc) is 3.33. The molecule has 142 valence electrons. The van der Waals surface area contributed by atoms with Gasteiger partial charge in [0.2, 0.25) is 0 Å². The summed E-state index contributed by atoms with van der Waals surface area (Å²) in [6.45, 7) is 9.66. The van der Waals surface area contributed by atoms with E-state index in [0.29, 0.717) is 11.6 Å². The van der Waals surface area contributed by atoms with Crippen LogP contribution >= 0.6 is 0 Å². The third-order valence-corrected chi connectivity index (χ3v) is 5.34. The minimum Gasteiger partial charge on any atom is -0.351 e. The Morgan fingerprint density at radius 3 is 2.67 bits per heavy atom. The van der Waals surface area contributed by atoms with E-state index in [4.69, 9.17) is 0 Å². The van der Waals surface area contributed by atoms with E-state index in [2.05, 4.69) is 39.5 Å². The van der Waals surface area contributed by atoms with Gasteiger partial charge in [-0.05, 0) is 12.1 Å². The Labute approximate surface area is 159 Å². The maximum Gasteiger partial charge on any atom is 0.270 e. The van der Waals surface area contributed by atoms with Crippen LogP contribution in [0.1, 0.15) is 36.1 Å². The lowest BCUT2D eigenvalue weighted by atomic mass is 10.2. The zero-order valence-corrected chi connectivity index (χ0v) is 16.1. The van der Waals surface area contributed by atoms with Crippen LogP contribution in [0.2, 0.25) is 0 Å². The molecule has 1 fully saturated rings. The predicted molar refractivity (Wildman–Crippen MR) is 107 cm³/mol. The molecule has 1 aromatic carbocycles. The van der Waals surface area contributed by atoms with Gasteiger partial charge in [0.15, 0.2) is 0 Å². The molecule has 1 N–H and O–H groups in total. The molecule has 6 heteroatoms. The highest BCUT2D eigenvalue weighted by Crippen LogP contribution is 2.17. The number of hydrogen-bond acceptors (Lipinski definition) is 3. The zero-order valence-electron chi connectivity index (χ0n) is 16.1. The van der Waals surface area contributed by atoms with Crippen molar-refractivity contribution in [3.05, 3.63) is 54.2 Å². The first kappa shape index (κ1) is 17.8. The van der Waals surface area contributed by atoms with Crippen LogP contribution in [0.25, 0.3) is 10.9 Å². The number of nitrogens with zero attached hydrogens (tertiary/aromatic N) is 4. The number of hydrogen-bond donors (Lipinski definition) is 1. The van der Waals surface area contributed by atoms with Gasteiger partial charge in [0.05, 0.1) is 0 Å². The number of nitrogens with one attached hydrogen (secondary N) is 1. The average molecular weight is 365 g/mol. The maximum atomic E-state index is 12.8. The van der Waals surface area contributed by atoms with E-state index in [0.717, 1.165) is 56.0 Å². The summed E-state index contributed by atoms with van der Waals surface area (Å²) < 4.78 is 2.24. The van der Waals surface area contributed by atoms with Crippen molar-refractivity contribution in [2.45, 2.75) is 26.3 Å². The van der Waals surface area contributed by atoms with Crippen molar-refractivity contribution in [2.24, 2.45) is 0 Å². The third kappa shape index (κ3) is 3.76. The molecule has 3 heterocycles. The highest BCUT2D eigenvalue weighted by atomic mass is 16.2. The Balaban J connectivity index is 1.32. The standard InChI is InChI=1S/C21H27N5O/c1-16(2)20-22-7-8-25(20)12-9-24-10-13-26(14-11-24)21(27)19-15-17-5-3-4-6-18(17)23-19/h3-8,15-16,23H,9-14H2,1-2H3. The number of fused-ring (bicyclic) bond motifs is 1. The zero-order chi connectivity index (χ0) is 18.8. The highest BCUT2D eigenvalue weighted by Gasteiger charge is 2.23. The van der Waals surface area contributed by atoms with Crippen LogP contribution in [-0.4, -0.2) is 63.0 Å². The van der Waals surface area contributed by atoms with Gasteiger partial charge in [0.1, 0.15) is 11.5 Å². The van der Waals surface area contributed by atoms with E-state index in [1.165, 1.54) is 0 Å². The first-order valence-electron chi connectivity index (χ1n) is 9.72. The van der Waals surface area contributed by atoms with E-state index < -0.39 is 0 Å². The number of carbonyl (C=O) groups is 1.